The van der Waals surface area contributed by atoms with Gasteiger partial charge >= 0.3 is 11.9 Å². The van der Waals surface area contributed by atoms with E-state index < -0.39 is 29.8 Å². The van der Waals surface area contributed by atoms with Crippen LogP contribution in [0.1, 0.15) is 37.0 Å². The molecule has 0 aliphatic rings. The minimum atomic E-state index is -1.30. The Morgan fingerprint density at radius 3 is 2.17 bits per heavy atom. The van der Waals surface area contributed by atoms with Crippen LogP contribution in [0.25, 0.3) is 0 Å². The van der Waals surface area contributed by atoms with Gasteiger partial charge in [-0.15, -0.1) is 0 Å². The van der Waals surface area contributed by atoms with Gasteiger partial charge in [-0.25, -0.2) is 4.79 Å². The number of carboxylic acid groups (broad SMARTS) is 2. The summed E-state index contributed by atoms with van der Waals surface area (Å²) in [6, 6.07) is 5.98. The number of rotatable bonds is 11. The molecule has 2 unspecified atom stereocenters. The van der Waals surface area contributed by atoms with Gasteiger partial charge in [0, 0.05) is 43.8 Å². The summed E-state index contributed by atoms with van der Waals surface area (Å²) < 4.78 is 0. The van der Waals surface area contributed by atoms with E-state index in [0.29, 0.717) is 11.1 Å². The van der Waals surface area contributed by atoms with E-state index in [1.165, 1.54) is 6.08 Å². The van der Waals surface area contributed by atoms with E-state index in [2.05, 4.69) is 5.32 Å². The minimum Gasteiger partial charge on any atom is -0.481 e. The van der Waals surface area contributed by atoms with Gasteiger partial charge in [0.05, 0.1) is 0 Å². The van der Waals surface area contributed by atoms with Crippen LogP contribution in [0, 0.1) is 5.92 Å². The van der Waals surface area contributed by atoms with Crippen molar-refractivity contribution in [2.75, 3.05) is 19.0 Å². The van der Waals surface area contributed by atoms with Gasteiger partial charge in [0.1, 0.15) is 6.04 Å². The van der Waals surface area contributed by atoms with Crippen molar-refractivity contribution >= 4 is 29.3 Å². The molecular weight excluding hydrogens is 388 g/mol. The molecule has 0 aliphatic heterocycles. The first kappa shape index (κ1) is 24.6. The van der Waals surface area contributed by atoms with Gasteiger partial charge in [-0.05, 0) is 37.6 Å². The molecule has 30 heavy (non-hydrogen) atoms. The van der Waals surface area contributed by atoms with Crippen LogP contribution in [0.2, 0.25) is 0 Å². The fourth-order valence-electron chi connectivity index (χ4n) is 2.66. The molecule has 0 aromatic heterocycles. The Morgan fingerprint density at radius 2 is 1.67 bits per heavy atom. The van der Waals surface area contributed by atoms with Crippen LogP contribution >= 0.6 is 0 Å². The number of benzene rings is 1. The SMILES string of the molecule is CC(C=CC(=O)NC(CCC(=O)O)C(=O)O)=CC(C)C(=O)c1ccc(N(C)C)cc1. The lowest BCUT2D eigenvalue weighted by Gasteiger charge is -2.13. The lowest BCUT2D eigenvalue weighted by molar-refractivity contribution is -0.142. The summed E-state index contributed by atoms with van der Waals surface area (Å²) in [6.45, 7) is 3.48. The van der Waals surface area contributed by atoms with E-state index in [4.69, 9.17) is 10.2 Å². The number of hydrogen-bond donors (Lipinski definition) is 3. The van der Waals surface area contributed by atoms with Crippen LogP contribution in [0.3, 0.4) is 0 Å². The van der Waals surface area contributed by atoms with Crippen LogP contribution in [-0.2, 0) is 14.4 Å². The fraction of sp³-hybridized carbons (Fsp3) is 0.364. The predicted molar refractivity (Wildman–Crippen MR) is 114 cm³/mol. The summed E-state index contributed by atoms with van der Waals surface area (Å²) in [5.41, 5.74) is 2.23. The van der Waals surface area contributed by atoms with Crippen molar-refractivity contribution in [2.45, 2.75) is 32.7 Å². The first-order valence-corrected chi connectivity index (χ1v) is 9.44. The number of allylic oxidation sites excluding steroid dienone is 3. The Labute approximate surface area is 175 Å². The maximum atomic E-state index is 12.6. The molecule has 162 valence electrons. The molecule has 0 spiro atoms. The Balaban J connectivity index is 2.72. The number of nitrogens with one attached hydrogen (secondary N) is 1. The van der Waals surface area contributed by atoms with Gasteiger partial charge in [0.25, 0.3) is 0 Å². The fourth-order valence-corrected chi connectivity index (χ4v) is 2.66. The molecule has 0 fully saturated rings. The third-order valence-corrected chi connectivity index (χ3v) is 4.35. The maximum absolute atomic E-state index is 12.6. The smallest absolute Gasteiger partial charge is 0.326 e. The Bertz CT molecular complexity index is 840. The van der Waals surface area contributed by atoms with Crippen LogP contribution < -0.4 is 10.2 Å². The maximum Gasteiger partial charge on any atom is 0.326 e. The van der Waals surface area contributed by atoms with E-state index in [1.807, 2.05) is 31.1 Å². The Morgan fingerprint density at radius 1 is 1.07 bits per heavy atom. The second kappa shape index (κ2) is 11.5. The van der Waals surface area contributed by atoms with Crippen molar-refractivity contribution in [3.8, 4) is 0 Å². The molecule has 1 aromatic rings. The molecule has 1 rings (SSSR count). The summed E-state index contributed by atoms with van der Waals surface area (Å²) in [6.07, 6.45) is 3.77. The number of carbonyl (C=O) groups is 4. The second-order valence-corrected chi connectivity index (χ2v) is 7.17. The molecule has 0 heterocycles. The van der Waals surface area contributed by atoms with Crippen LogP contribution in [-0.4, -0.2) is 54.0 Å². The first-order chi connectivity index (χ1) is 14.0. The lowest BCUT2D eigenvalue weighted by atomic mass is 9.97. The average molecular weight is 416 g/mol. The number of nitrogens with zero attached hydrogens (tertiary/aromatic N) is 1. The van der Waals surface area contributed by atoms with Crippen molar-refractivity contribution in [1.29, 1.82) is 0 Å². The van der Waals surface area contributed by atoms with Crippen molar-refractivity contribution < 1.29 is 29.4 Å². The standard InChI is InChI=1S/C22H28N2O6/c1-14(5-11-19(25)23-18(22(29)30)10-12-20(26)27)13-15(2)21(28)16-6-8-17(9-7-16)24(3)4/h5-9,11,13,15,18H,10,12H2,1-4H3,(H,23,25)(H,26,27)(H,29,30). The number of hydrogen-bond acceptors (Lipinski definition) is 5. The number of carbonyl (C=O) groups excluding carboxylic acids is 2. The van der Waals surface area contributed by atoms with E-state index in [-0.39, 0.29) is 18.6 Å². The third-order valence-electron chi connectivity index (χ3n) is 4.35. The molecule has 3 N–H and O–H groups in total. The zero-order chi connectivity index (χ0) is 22.8. The summed E-state index contributed by atoms with van der Waals surface area (Å²) in [5.74, 6) is -3.56. The largest absolute Gasteiger partial charge is 0.481 e. The molecule has 0 saturated carbocycles. The molecule has 0 bridgehead atoms. The van der Waals surface area contributed by atoms with Gasteiger partial charge < -0.3 is 20.4 Å². The number of aliphatic carboxylic acids is 2. The normalized spacial score (nSPS) is 13.5. The quantitative estimate of drug-likeness (QED) is 0.288. The molecule has 0 saturated heterocycles. The minimum absolute atomic E-state index is 0.0582. The van der Waals surface area contributed by atoms with Gasteiger partial charge in [-0.2, -0.15) is 0 Å². The monoisotopic (exact) mass is 416 g/mol. The van der Waals surface area contributed by atoms with Crippen molar-refractivity contribution in [3.05, 3.63) is 53.6 Å². The molecular formula is C22H28N2O6. The average Bonchev–Trinajstić information content (AvgIpc) is 2.68. The van der Waals surface area contributed by atoms with Crippen molar-refractivity contribution in [1.82, 2.24) is 5.32 Å². The van der Waals surface area contributed by atoms with Gasteiger partial charge in [-0.3, -0.25) is 14.4 Å². The van der Waals surface area contributed by atoms with Crippen LogP contribution in [0.5, 0.6) is 0 Å². The van der Waals surface area contributed by atoms with Crippen molar-refractivity contribution in [3.63, 3.8) is 0 Å². The number of amides is 1. The van der Waals surface area contributed by atoms with Gasteiger partial charge in [-0.1, -0.05) is 24.6 Å². The molecule has 0 aliphatic carbocycles. The zero-order valence-corrected chi connectivity index (χ0v) is 17.6. The number of Topliss-reactive ketones (excluding diaryl/α,β-unsaturated/α-hetero) is 1. The highest BCUT2D eigenvalue weighted by Crippen LogP contribution is 2.17. The summed E-state index contributed by atoms with van der Waals surface area (Å²) in [7, 11) is 3.83. The number of anilines is 1. The first-order valence-electron chi connectivity index (χ1n) is 9.44. The predicted octanol–water partition coefficient (Wildman–Crippen LogP) is 2.51. The topological polar surface area (TPSA) is 124 Å². The van der Waals surface area contributed by atoms with Crippen LogP contribution in [0.4, 0.5) is 5.69 Å². The number of carboxylic acids is 2. The molecule has 1 aromatic carbocycles. The highest BCUT2D eigenvalue weighted by atomic mass is 16.4. The Hall–Kier alpha value is -3.42. The van der Waals surface area contributed by atoms with E-state index >= 15 is 0 Å². The highest BCUT2D eigenvalue weighted by Gasteiger charge is 2.20. The highest BCUT2D eigenvalue weighted by molar-refractivity contribution is 5.99. The summed E-state index contributed by atoms with van der Waals surface area (Å²) in [5, 5.41) is 20.0. The second-order valence-electron chi connectivity index (χ2n) is 7.17. The molecule has 1 amide bonds. The number of ketones is 1. The zero-order valence-electron chi connectivity index (χ0n) is 17.6. The van der Waals surface area contributed by atoms with Gasteiger partial charge in [0.2, 0.25) is 5.91 Å². The summed E-state index contributed by atoms with van der Waals surface area (Å²) in [4.78, 5) is 48.1. The Kier molecular flexibility index (Phi) is 9.48. The van der Waals surface area contributed by atoms with E-state index in [9.17, 15) is 19.2 Å². The van der Waals surface area contributed by atoms with Crippen molar-refractivity contribution in [2.24, 2.45) is 5.92 Å². The van der Waals surface area contributed by atoms with Crippen LogP contribution in [0.15, 0.2) is 48.1 Å². The molecule has 8 nitrogen and oxygen atoms in total. The third kappa shape index (κ3) is 8.30. The lowest BCUT2D eigenvalue weighted by Crippen LogP contribution is -2.40. The van der Waals surface area contributed by atoms with Gasteiger partial charge in [0.15, 0.2) is 5.78 Å². The van der Waals surface area contributed by atoms with E-state index in [0.717, 1.165) is 11.8 Å². The molecule has 8 heteroatoms. The molecule has 0 radical (unpaired) electrons. The van der Waals surface area contributed by atoms with E-state index in [1.54, 1.807) is 32.1 Å². The summed E-state index contributed by atoms with van der Waals surface area (Å²) >= 11 is 0. The molecule has 2 atom stereocenters.